The van der Waals surface area contributed by atoms with Crippen LogP contribution in [0.15, 0.2) is 52.0 Å². The zero-order valence-corrected chi connectivity index (χ0v) is 11.5. The number of rotatable bonds is 3. The third kappa shape index (κ3) is 3.34. The number of nitrogens with one attached hydrogen (secondary N) is 1. The van der Waals surface area contributed by atoms with E-state index >= 15 is 0 Å². The molecule has 0 saturated carbocycles. The molecule has 0 amide bonds. The molecule has 18 heavy (non-hydrogen) atoms. The topological polar surface area (TPSA) is 44.6 Å². The van der Waals surface area contributed by atoms with E-state index in [0.29, 0.717) is 4.47 Å². The Bertz CT molecular complexity index is 565. The Hall–Kier alpha value is -1.81. The first-order chi connectivity index (χ1) is 8.65. The number of hydrazone groups is 1. The van der Waals surface area contributed by atoms with Crippen LogP contribution in [-0.4, -0.2) is 11.3 Å². The van der Waals surface area contributed by atoms with E-state index in [1.165, 1.54) is 5.56 Å². The molecular formula is C14H13BrN2O. The first-order valence-electron chi connectivity index (χ1n) is 5.49. The second kappa shape index (κ2) is 5.69. The Morgan fingerprint density at radius 2 is 1.89 bits per heavy atom. The second-order valence-electron chi connectivity index (χ2n) is 3.95. The second-order valence-corrected chi connectivity index (χ2v) is 4.80. The lowest BCUT2D eigenvalue weighted by atomic mass is 10.2. The zero-order chi connectivity index (χ0) is 13.0. The van der Waals surface area contributed by atoms with Crippen molar-refractivity contribution in [3.63, 3.8) is 0 Å². The molecule has 0 atom stereocenters. The third-order valence-electron chi connectivity index (χ3n) is 2.43. The van der Waals surface area contributed by atoms with Crippen molar-refractivity contribution in [1.82, 2.24) is 0 Å². The van der Waals surface area contributed by atoms with Gasteiger partial charge < -0.3 is 5.11 Å². The molecule has 4 heteroatoms. The molecule has 0 radical (unpaired) electrons. The van der Waals surface area contributed by atoms with E-state index in [2.05, 4.69) is 26.5 Å². The van der Waals surface area contributed by atoms with Crippen LogP contribution in [0.25, 0.3) is 0 Å². The summed E-state index contributed by atoms with van der Waals surface area (Å²) in [6.07, 6.45) is 1.70. The molecule has 0 aliphatic heterocycles. The molecule has 2 aromatic carbocycles. The van der Waals surface area contributed by atoms with Gasteiger partial charge in [0.1, 0.15) is 5.75 Å². The van der Waals surface area contributed by atoms with E-state index in [0.717, 1.165) is 11.3 Å². The van der Waals surface area contributed by atoms with E-state index < -0.39 is 0 Å². The summed E-state index contributed by atoms with van der Waals surface area (Å²) in [5.74, 6) is 0.221. The molecule has 0 heterocycles. The molecule has 0 saturated heterocycles. The van der Waals surface area contributed by atoms with Crippen LogP contribution in [0.5, 0.6) is 5.75 Å². The van der Waals surface area contributed by atoms with E-state index in [9.17, 15) is 5.11 Å². The van der Waals surface area contributed by atoms with Crippen molar-refractivity contribution in [2.75, 3.05) is 5.43 Å². The number of hydrogen-bond acceptors (Lipinski definition) is 3. The fraction of sp³-hybridized carbons (Fsp3) is 0.0714. The van der Waals surface area contributed by atoms with Gasteiger partial charge in [0.05, 0.1) is 16.4 Å². The van der Waals surface area contributed by atoms with Gasteiger partial charge >= 0.3 is 0 Å². The van der Waals surface area contributed by atoms with E-state index in [1.54, 1.807) is 24.4 Å². The molecule has 0 aliphatic rings. The summed E-state index contributed by atoms with van der Waals surface area (Å²) in [7, 11) is 0. The molecule has 0 aliphatic carbocycles. The maximum Gasteiger partial charge on any atom is 0.129 e. The van der Waals surface area contributed by atoms with Crippen LogP contribution < -0.4 is 5.43 Å². The number of halogens is 1. The maximum atomic E-state index is 9.37. The quantitative estimate of drug-likeness (QED) is 0.667. The summed E-state index contributed by atoms with van der Waals surface area (Å²) in [6, 6.07) is 13.2. The smallest absolute Gasteiger partial charge is 0.129 e. The number of aromatic hydroxyl groups is 1. The summed E-state index contributed by atoms with van der Waals surface area (Å²) in [5.41, 5.74) is 6.00. The molecule has 0 aromatic heterocycles. The zero-order valence-electron chi connectivity index (χ0n) is 9.89. The third-order valence-corrected chi connectivity index (χ3v) is 3.07. The highest BCUT2D eigenvalue weighted by Gasteiger charge is 1.97. The van der Waals surface area contributed by atoms with Gasteiger partial charge in [0, 0.05) is 0 Å². The highest BCUT2D eigenvalue weighted by molar-refractivity contribution is 9.10. The number of phenolic OH excluding ortho intramolecular Hbond substituents is 1. The number of nitrogens with zero attached hydrogens (tertiary/aromatic N) is 1. The minimum Gasteiger partial charge on any atom is -0.507 e. The molecule has 3 nitrogen and oxygen atoms in total. The normalized spacial score (nSPS) is 10.8. The van der Waals surface area contributed by atoms with Crippen LogP contribution in [0, 0.1) is 6.92 Å². The maximum absolute atomic E-state index is 9.37. The molecule has 0 spiro atoms. The average Bonchev–Trinajstić information content (AvgIpc) is 2.36. The fourth-order valence-electron chi connectivity index (χ4n) is 1.41. The van der Waals surface area contributed by atoms with Crippen molar-refractivity contribution >= 4 is 27.8 Å². The summed E-state index contributed by atoms with van der Waals surface area (Å²) < 4.78 is 0.654. The lowest BCUT2D eigenvalue weighted by Crippen LogP contribution is -1.90. The Morgan fingerprint density at radius 1 is 1.17 bits per heavy atom. The van der Waals surface area contributed by atoms with Gasteiger partial charge in [0.15, 0.2) is 0 Å². The van der Waals surface area contributed by atoms with Crippen LogP contribution >= 0.6 is 15.9 Å². The van der Waals surface area contributed by atoms with Crippen molar-refractivity contribution in [2.24, 2.45) is 5.10 Å². The average molecular weight is 305 g/mol. The lowest BCUT2D eigenvalue weighted by molar-refractivity contribution is 0.472. The first kappa shape index (κ1) is 12.6. The summed E-state index contributed by atoms with van der Waals surface area (Å²) in [5, 5.41) is 13.5. The van der Waals surface area contributed by atoms with Crippen LogP contribution in [-0.2, 0) is 0 Å². The van der Waals surface area contributed by atoms with Gasteiger partial charge in [-0.3, -0.25) is 5.43 Å². The van der Waals surface area contributed by atoms with E-state index in [4.69, 9.17) is 0 Å². The number of benzene rings is 2. The summed E-state index contributed by atoms with van der Waals surface area (Å²) in [6.45, 7) is 2.04. The largest absolute Gasteiger partial charge is 0.507 e. The monoisotopic (exact) mass is 304 g/mol. The van der Waals surface area contributed by atoms with E-state index in [-0.39, 0.29) is 5.75 Å². The molecule has 0 fully saturated rings. The number of aryl methyl sites for hydroxylation is 1. The Labute approximate surface area is 114 Å². The SMILES string of the molecule is Cc1ccc(NN=Cc2ccc(O)c(Br)c2)cc1. The van der Waals surface area contributed by atoms with Gasteiger partial charge in [0.2, 0.25) is 0 Å². The molecule has 2 N–H and O–H groups in total. The summed E-state index contributed by atoms with van der Waals surface area (Å²) in [4.78, 5) is 0. The standard InChI is InChI=1S/C14H13BrN2O/c1-10-2-5-12(6-3-10)17-16-9-11-4-7-14(18)13(15)8-11/h2-9,17-18H,1H3. The van der Waals surface area contributed by atoms with Gasteiger partial charge in [-0.1, -0.05) is 17.7 Å². The van der Waals surface area contributed by atoms with Gasteiger partial charge in [0.25, 0.3) is 0 Å². The van der Waals surface area contributed by atoms with Crippen molar-refractivity contribution < 1.29 is 5.11 Å². The Morgan fingerprint density at radius 3 is 2.56 bits per heavy atom. The Kier molecular flexibility index (Phi) is 3.99. The molecule has 2 rings (SSSR count). The molecule has 92 valence electrons. The van der Waals surface area contributed by atoms with Gasteiger partial charge in [-0.2, -0.15) is 5.10 Å². The fourth-order valence-corrected chi connectivity index (χ4v) is 1.81. The van der Waals surface area contributed by atoms with E-state index in [1.807, 2.05) is 31.2 Å². The van der Waals surface area contributed by atoms with Gasteiger partial charge in [-0.15, -0.1) is 0 Å². The predicted molar refractivity (Wildman–Crippen MR) is 78.2 cm³/mol. The lowest BCUT2D eigenvalue weighted by Gasteiger charge is -2.01. The minimum absolute atomic E-state index is 0.221. The van der Waals surface area contributed by atoms with Crippen molar-refractivity contribution in [3.05, 3.63) is 58.1 Å². The van der Waals surface area contributed by atoms with Crippen molar-refractivity contribution in [3.8, 4) is 5.75 Å². The summed E-state index contributed by atoms with van der Waals surface area (Å²) >= 11 is 3.26. The number of phenols is 1. The minimum atomic E-state index is 0.221. The molecule has 0 bridgehead atoms. The van der Waals surface area contributed by atoms with Crippen LogP contribution in [0.2, 0.25) is 0 Å². The Balaban J connectivity index is 2.02. The molecule has 0 unspecified atom stereocenters. The van der Waals surface area contributed by atoms with Gasteiger partial charge in [-0.25, -0.2) is 0 Å². The number of anilines is 1. The predicted octanol–water partition coefficient (Wildman–Crippen LogP) is 3.91. The van der Waals surface area contributed by atoms with Crippen LogP contribution in [0.3, 0.4) is 0 Å². The van der Waals surface area contributed by atoms with Crippen molar-refractivity contribution in [2.45, 2.75) is 6.92 Å². The van der Waals surface area contributed by atoms with Crippen LogP contribution in [0.1, 0.15) is 11.1 Å². The first-order valence-corrected chi connectivity index (χ1v) is 6.29. The molecule has 2 aromatic rings. The highest BCUT2D eigenvalue weighted by atomic mass is 79.9. The molecular weight excluding hydrogens is 292 g/mol. The highest BCUT2D eigenvalue weighted by Crippen LogP contribution is 2.23. The van der Waals surface area contributed by atoms with Gasteiger partial charge in [-0.05, 0) is 58.7 Å². The number of hydrogen-bond donors (Lipinski definition) is 2. The van der Waals surface area contributed by atoms with Crippen LogP contribution in [0.4, 0.5) is 5.69 Å². The van der Waals surface area contributed by atoms with Crippen molar-refractivity contribution in [1.29, 1.82) is 0 Å².